The van der Waals surface area contributed by atoms with E-state index in [1.807, 2.05) is 55.5 Å². The first-order valence-corrected chi connectivity index (χ1v) is 10.1. The maximum Gasteiger partial charge on any atom is 0.340 e. The Morgan fingerprint density at radius 3 is 2.52 bits per heavy atom. The Morgan fingerprint density at radius 1 is 1.14 bits per heavy atom. The van der Waals surface area contributed by atoms with Gasteiger partial charge in [-0.3, -0.25) is 0 Å². The molecular weight excluding hydrogens is 436 g/mol. The SMILES string of the molecule is CCOC(=O)C(OCc1ccc(OC)cc1)c1c(C)cc2cc(Br)ccc2c1O. The fourth-order valence-corrected chi connectivity index (χ4v) is 3.61. The van der Waals surface area contributed by atoms with E-state index in [4.69, 9.17) is 14.2 Å². The van der Waals surface area contributed by atoms with Crippen molar-refractivity contribution >= 4 is 32.7 Å². The van der Waals surface area contributed by atoms with Gasteiger partial charge in [-0.15, -0.1) is 0 Å². The van der Waals surface area contributed by atoms with Crippen LogP contribution in [0.15, 0.2) is 53.0 Å². The van der Waals surface area contributed by atoms with Crippen LogP contribution in [0.5, 0.6) is 11.5 Å². The van der Waals surface area contributed by atoms with Crippen LogP contribution >= 0.6 is 15.9 Å². The molecule has 6 heteroatoms. The van der Waals surface area contributed by atoms with E-state index >= 15 is 0 Å². The van der Waals surface area contributed by atoms with Crippen LogP contribution in [0, 0.1) is 6.92 Å². The summed E-state index contributed by atoms with van der Waals surface area (Å²) in [6.45, 7) is 3.99. The molecule has 1 N–H and O–H groups in total. The van der Waals surface area contributed by atoms with Gasteiger partial charge in [0.1, 0.15) is 11.5 Å². The first-order valence-electron chi connectivity index (χ1n) is 9.27. The van der Waals surface area contributed by atoms with E-state index in [9.17, 15) is 9.90 Å². The zero-order valence-electron chi connectivity index (χ0n) is 16.6. The summed E-state index contributed by atoms with van der Waals surface area (Å²) in [7, 11) is 1.60. The molecule has 152 valence electrons. The highest BCUT2D eigenvalue weighted by Crippen LogP contribution is 2.38. The number of methoxy groups -OCH3 is 1. The Morgan fingerprint density at radius 2 is 1.86 bits per heavy atom. The topological polar surface area (TPSA) is 65.0 Å². The smallest absolute Gasteiger partial charge is 0.340 e. The van der Waals surface area contributed by atoms with Gasteiger partial charge in [0.15, 0.2) is 6.10 Å². The maximum absolute atomic E-state index is 12.7. The molecule has 0 amide bonds. The molecule has 0 bridgehead atoms. The first-order chi connectivity index (χ1) is 13.9. The van der Waals surface area contributed by atoms with Gasteiger partial charge in [0.05, 0.1) is 20.3 Å². The molecule has 0 aromatic heterocycles. The molecule has 3 rings (SSSR count). The van der Waals surface area contributed by atoms with Gasteiger partial charge < -0.3 is 19.3 Å². The highest BCUT2D eigenvalue weighted by Gasteiger charge is 2.29. The summed E-state index contributed by atoms with van der Waals surface area (Å²) in [5.74, 6) is 0.237. The molecule has 0 heterocycles. The second-order valence-electron chi connectivity index (χ2n) is 6.61. The monoisotopic (exact) mass is 458 g/mol. The van der Waals surface area contributed by atoms with Crippen molar-refractivity contribution in [2.45, 2.75) is 26.6 Å². The highest BCUT2D eigenvalue weighted by molar-refractivity contribution is 9.10. The minimum atomic E-state index is -1.04. The number of benzene rings is 3. The molecule has 0 aliphatic carbocycles. The molecule has 3 aromatic carbocycles. The van der Waals surface area contributed by atoms with Crippen molar-refractivity contribution in [3.05, 3.63) is 69.7 Å². The summed E-state index contributed by atoms with van der Waals surface area (Å²) < 4.78 is 17.2. The number of carbonyl (C=O) groups is 1. The molecule has 29 heavy (non-hydrogen) atoms. The number of fused-ring (bicyclic) bond motifs is 1. The number of aryl methyl sites for hydroxylation is 1. The highest BCUT2D eigenvalue weighted by atomic mass is 79.9. The van der Waals surface area contributed by atoms with Crippen molar-refractivity contribution in [1.82, 2.24) is 0 Å². The summed E-state index contributed by atoms with van der Waals surface area (Å²) in [5, 5.41) is 12.5. The van der Waals surface area contributed by atoms with Crippen LogP contribution in [0.3, 0.4) is 0 Å². The zero-order chi connectivity index (χ0) is 21.0. The Kier molecular flexibility index (Phi) is 6.77. The molecule has 0 radical (unpaired) electrons. The Hall–Kier alpha value is -2.57. The zero-order valence-corrected chi connectivity index (χ0v) is 18.2. The first kappa shape index (κ1) is 21.1. The Labute approximate surface area is 178 Å². The number of carbonyl (C=O) groups excluding carboxylic acids is 1. The Bertz CT molecular complexity index is 1010. The average molecular weight is 459 g/mol. The van der Waals surface area contributed by atoms with Crippen LogP contribution in [-0.4, -0.2) is 24.8 Å². The van der Waals surface area contributed by atoms with Crippen LogP contribution < -0.4 is 4.74 Å². The van der Waals surface area contributed by atoms with E-state index in [1.165, 1.54) is 0 Å². The fourth-order valence-electron chi connectivity index (χ4n) is 3.23. The molecule has 0 aliphatic heterocycles. The van der Waals surface area contributed by atoms with E-state index in [0.29, 0.717) is 10.9 Å². The lowest BCUT2D eigenvalue weighted by Crippen LogP contribution is -2.20. The van der Waals surface area contributed by atoms with E-state index in [-0.39, 0.29) is 19.0 Å². The van der Waals surface area contributed by atoms with Crippen LogP contribution in [-0.2, 0) is 20.9 Å². The van der Waals surface area contributed by atoms with Crippen LogP contribution in [0.4, 0.5) is 0 Å². The van der Waals surface area contributed by atoms with Gasteiger partial charge in [-0.2, -0.15) is 0 Å². The van der Waals surface area contributed by atoms with Crippen molar-refractivity contribution in [2.24, 2.45) is 0 Å². The molecule has 1 atom stereocenters. The third kappa shape index (κ3) is 4.71. The number of halogens is 1. The van der Waals surface area contributed by atoms with E-state index in [2.05, 4.69) is 15.9 Å². The standard InChI is InChI=1S/C23H23BrO5/c1-4-28-23(26)22(29-13-15-5-8-18(27-3)9-6-15)20-14(2)11-16-12-17(24)7-10-19(16)21(20)25/h5-12,22,25H,4,13H2,1-3H3. The van der Waals surface area contributed by atoms with Crippen LogP contribution in [0.25, 0.3) is 10.8 Å². The predicted molar refractivity (Wildman–Crippen MR) is 115 cm³/mol. The van der Waals surface area contributed by atoms with Crippen LogP contribution in [0.1, 0.15) is 29.7 Å². The van der Waals surface area contributed by atoms with E-state index < -0.39 is 12.1 Å². The predicted octanol–water partition coefficient (Wildman–Crippen LogP) is 5.45. The maximum atomic E-state index is 12.7. The summed E-state index contributed by atoms with van der Waals surface area (Å²) in [5.41, 5.74) is 2.05. The lowest BCUT2D eigenvalue weighted by Gasteiger charge is -2.21. The third-order valence-corrected chi connectivity index (χ3v) is 5.15. The van der Waals surface area contributed by atoms with Gasteiger partial charge in [-0.1, -0.05) is 34.1 Å². The number of phenols is 1. The van der Waals surface area contributed by atoms with Crippen molar-refractivity contribution in [2.75, 3.05) is 13.7 Å². The molecule has 0 fully saturated rings. The third-order valence-electron chi connectivity index (χ3n) is 4.66. The second-order valence-corrected chi connectivity index (χ2v) is 7.53. The number of aromatic hydroxyl groups is 1. The molecule has 0 aliphatic rings. The molecule has 0 saturated carbocycles. The summed E-state index contributed by atoms with van der Waals surface area (Å²) in [4.78, 5) is 12.7. The average Bonchev–Trinajstić information content (AvgIpc) is 2.70. The van der Waals surface area contributed by atoms with Crippen LogP contribution in [0.2, 0.25) is 0 Å². The van der Waals surface area contributed by atoms with Crippen molar-refractivity contribution in [1.29, 1.82) is 0 Å². The van der Waals surface area contributed by atoms with Gasteiger partial charge in [0, 0.05) is 15.4 Å². The molecule has 5 nitrogen and oxygen atoms in total. The fraction of sp³-hybridized carbons (Fsp3) is 0.261. The lowest BCUT2D eigenvalue weighted by molar-refractivity contribution is -0.158. The molecule has 0 spiro atoms. The molecule has 0 saturated heterocycles. The van der Waals surface area contributed by atoms with Crippen molar-refractivity contribution in [3.63, 3.8) is 0 Å². The number of hydrogen-bond acceptors (Lipinski definition) is 5. The number of rotatable bonds is 7. The largest absolute Gasteiger partial charge is 0.507 e. The molecule has 3 aromatic rings. The van der Waals surface area contributed by atoms with Crippen molar-refractivity contribution < 1.29 is 24.1 Å². The molecular formula is C23H23BrO5. The van der Waals surface area contributed by atoms with Crippen molar-refractivity contribution in [3.8, 4) is 11.5 Å². The molecule has 1 unspecified atom stereocenters. The number of esters is 1. The van der Waals surface area contributed by atoms with Gasteiger partial charge in [-0.05, 0) is 60.7 Å². The summed E-state index contributed by atoms with van der Waals surface area (Å²) >= 11 is 3.44. The minimum Gasteiger partial charge on any atom is -0.507 e. The quantitative estimate of drug-likeness (QED) is 0.477. The second kappa shape index (κ2) is 9.29. The Balaban J connectivity index is 1.97. The van der Waals surface area contributed by atoms with Gasteiger partial charge in [-0.25, -0.2) is 4.79 Å². The minimum absolute atomic E-state index is 0.0280. The summed E-state index contributed by atoms with van der Waals surface area (Å²) in [6, 6.07) is 14.9. The van der Waals surface area contributed by atoms with E-state index in [1.54, 1.807) is 14.0 Å². The van der Waals surface area contributed by atoms with Gasteiger partial charge in [0.25, 0.3) is 0 Å². The van der Waals surface area contributed by atoms with Gasteiger partial charge >= 0.3 is 5.97 Å². The number of ether oxygens (including phenoxy) is 3. The number of phenolic OH excluding ortho intramolecular Hbond substituents is 1. The van der Waals surface area contributed by atoms with Gasteiger partial charge in [0.2, 0.25) is 0 Å². The normalized spacial score (nSPS) is 12.0. The summed E-state index contributed by atoms with van der Waals surface area (Å²) in [6.07, 6.45) is -1.04. The lowest BCUT2D eigenvalue weighted by atomic mass is 9.96. The number of hydrogen-bond donors (Lipinski definition) is 1. The van der Waals surface area contributed by atoms with E-state index in [0.717, 1.165) is 26.7 Å².